The Labute approximate surface area is 321 Å². The van der Waals surface area contributed by atoms with Gasteiger partial charge in [-0.25, -0.2) is 4.79 Å². The van der Waals surface area contributed by atoms with Crippen LogP contribution >= 0.6 is 0 Å². The molecule has 4 aromatic rings. The molecule has 4 aromatic carbocycles. The Kier molecular flexibility index (Phi) is 14.8. The van der Waals surface area contributed by atoms with E-state index in [1.807, 2.05) is 60.7 Å². The number of aliphatic imine (C=N–C) groups is 1. The number of esters is 1. The normalized spacial score (nSPS) is 12.4. The first kappa shape index (κ1) is 41.4. The third kappa shape index (κ3) is 10.2. The lowest BCUT2D eigenvalue weighted by atomic mass is 9.87. The van der Waals surface area contributed by atoms with E-state index in [9.17, 15) is 19.2 Å². The first-order chi connectivity index (χ1) is 26.5. The molecule has 13 nitrogen and oxygen atoms in total. The van der Waals surface area contributed by atoms with Gasteiger partial charge in [0, 0.05) is 31.0 Å². The molecule has 3 unspecified atom stereocenters. The predicted molar refractivity (Wildman–Crippen MR) is 216 cm³/mol. The number of rotatable bonds is 19. The molecule has 0 saturated heterocycles. The van der Waals surface area contributed by atoms with Crippen LogP contribution in [-0.2, 0) is 36.8 Å². The molecule has 0 fully saturated rings. The summed E-state index contributed by atoms with van der Waals surface area (Å²) in [6.07, 6.45) is 4.36. The molecule has 3 amide bonds. The van der Waals surface area contributed by atoms with Crippen molar-refractivity contribution in [2.75, 3.05) is 27.9 Å². The van der Waals surface area contributed by atoms with Gasteiger partial charge in [0.25, 0.3) is 0 Å². The molecule has 55 heavy (non-hydrogen) atoms. The molecule has 0 bridgehead atoms. The van der Waals surface area contributed by atoms with E-state index in [0.717, 1.165) is 38.2 Å². The van der Waals surface area contributed by atoms with Gasteiger partial charge in [-0.3, -0.25) is 19.4 Å². The highest BCUT2D eigenvalue weighted by atomic mass is 16.5. The molecule has 7 N–H and O–H groups in total. The summed E-state index contributed by atoms with van der Waals surface area (Å²) in [7, 11) is 4.40. The number of allylic oxidation sites excluding steroid dienone is 1. The number of carbonyl (C=O) groups is 4. The quantitative estimate of drug-likeness (QED) is 0.0306. The number of guanidine groups is 1. The van der Waals surface area contributed by atoms with Crippen molar-refractivity contribution in [1.82, 2.24) is 16.0 Å². The Bertz CT molecular complexity index is 2090. The maximum Gasteiger partial charge on any atom is 0.328 e. The van der Waals surface area contributed by atoms with Crippen molar-refractivity contribution in [2.45, 2.75) is 57.2 Å². The second-order valence-corrected chi connectivity index (χ2v) is 12.9. The lowest BCUT2D eigenvalue weighted by Gasteiger charge is -2.26. The molecule has 13 heteroatoms. The monoisotopic (exact) mass is 750 g/mol. The van der Waals surface area contributed by atoms with E-state index in [1.54, 1.807) is 14.2 Å². The van der Waals surface area contributed by atoms with Crippen LogP contribution in [0.4, 0.5) is 0 Å². The van der Waals surface area contributed by atoms with Crippen LogP contribution in [0.3, 0.4) is 0 Å². The van der Waals surface area contributed by atoms with Gasteiger partial charge in [-0.05, 0) is 70.5 Å². The molecule has 0 saturated carbocycles. The Morgan fingerprint density at radius 3 is 1.84 bits per heavy atom. The number of hydrogen-bond donors (Lipinski definition) is 5. The van der Waals surface area contributed by atoms with Gasteiger partial charge in [0.15, 0.2) is 5.96 Å². The van der Waals surface area contributed by atoms with Crippen LogP contribution in [0.1, 0.15) is 37.3 Å². The number of fused-ring (bicyclic) bond motifs is 2. The second kappa shape index (κ2) is 19.6. The van der Waals surface area contributed by atoms with E-state index < -0.39 is 41.8 Å². The highest BCUT2D eigenvalue weighted by Gasteiger charge is 2.31. The van der Waals surface area contributed by atoms with Crippen LogP contribution in [-0.4, -0.2) is 75.7 Å². The first-order valence-electron chi connectivity index (χ1n) is 17.9. The molecule has 0 aliphatic heterocycles. The minimum absolute atomic E-state index is 0.0113. The Morgan fingerprint density at radius 2 is 1.31 bits per heavy atom. The van der Waals surface area contributed by atoms with Crippen molar-refractivity contribution in [2.24, 2.45) is 16.5 Å². The Hall–Kier alpha value is -6.37. The van der Waals surface area contributed by atoms with Crippen molar-refractivity contribution in [3.63, 3.8) is 0 Å². The largest absolute Gasteiger partial charge is 0.496 e. The fourth-order valence-corrected chi connectivity index (χ4v) is 6.71. The van der Waals surface area contributed by atoms with E-state index in [2.05, 4.69) is 40.2 Å². The van der Waals surface area contributed by atoms with Crippen molar-refractivity contribution in [3.05, 3.63) is 97.1 Å². The smallest absolute Gasteiger partial charge is 0.328 e. The second-order valence-electron chi connectivity index (χ2n) is 12.9. The lowest BCUT2D eigenvalue weighted by molar-refractivity contribution is -0.145. The maximum atomic E-state index is 14.2. The molecule has 3 atom stereocenters. The zero-order chi connectivity index (χ0) is 40.1. The predicted octanol–water partition coefficient (Wildman–Crippen LogP) is 4.23. The van der Waals surface area contributed by atoms with E-state index >= 15 is 0 Å². The number of ether oxygens (including phenoxy) is 3. The molecule has 0 spiro atoms. The van der Waals surface area contributed by atoms with Crippen LogP contribution in [0.25, 0.3) is 32.7 Å². The molecule has 0 heterocycles. The Morgan fingerprint density at radius 1 is 0.764 bits per heavy atom. The zero-order valence-corrected chi connectivity index (χ0v) is 31.8. The van der Waals surface area contributed by atoms with E-state index in [0.29, 0.717) is 29.9 Å². The lowest BCUT2D eigenvalue weighted by Crippen LogP contribution is -2.56. The summed E-state index contributed by atoms with van der Waals surface area (Å²) in [5.74, 6) is -1.38. The Balaban J connectivity index is 1.84. The summed E-state index contributed by atoms with van der Waals surface area (Å²) in [5.41, 5.74) is 14.1. The molecule has 0 aliphatic rings. The fraction of sp³-hybridized carbons (Fsp3) is 0.310. The van der Waals surface area contributed by atoms with E-state index in [1.165, 1.54) is 20.1 Å². The van der Waals surface area contributed by atoms with Gasteiger partial charge in [0.05, 0.1) is 21.3 Å². The zero-order valence-electron chi connectivity index (χ0n) is 31.8. The fourth-order valence-electron chi connectivity index (χ4n) is 6.71. The van der Waals surface area contributed by atoms with Crippen LogP contribution in [0, 0.1) is 0 Å². The number of amides is 3. The van der Waals surface area contributed by atoms with Gasteiger partial charge in [0.2, 0.25) is 17.7 Å². The summed E-state index contributed by atoms with van der Waals surface area (Å²) in [5, 5.41) is 11.9. The molecule has 0 aromatic heterocycles. The molecular weight excluding hydrogens is 700 g/mol. The van der Waals surface area contributed by atoms with Crippen LogP contribution < -0.4 is 36.9 Å². The topological polar surface area (TPSA) is 196 Å². The summed E-state index contributed by atoms with van der Waals surface area (Å²) >= 11 is 0. The number of nitrogens with two attached hydrogens (primary N) is 2. The van der Waals surface area contributed by atoms with Crippen LogP contribution in [0.5, 0.6) is 11.5 Å². The molecule has 4 rings (SSSR count). The minimum Gasteiger partial charge on any atom is -0.496 e. The summed E-state index contributed by atoms with van der Waals surface area (Å²) in [6, 6.07) is 16.5. The highest BCUT2D eigenvalue weighted by molar-refractivity contribution is 6.11. The first-order valence-corrected chi connectivity index (χ1v) is 17.9. The third-order valence-electron chi connectivity index (χ3n) is 9.08. The van der Waals surface area contributed by atoms with Crippen LogP contribution in [0.2, 0.25) is 0 Å². The van der Waals surface area contributed by atoms with Gasteiger partial charge in [0.1, 0.15) is 29.6 Å². The highest BCUT2D eigenvalue weighted by Crippen LogP contribution is 2.48. The standard InChI is InChI=1S/C42H50N6O7/c1-7-14-28-22-26-16-9-11-18-30(26)35(37(28)53-4)36-31-19-12-10-17-27(31)23-29(38(36)54-5)24-34(46-25(3)49)40(51)47-32(20-13-21-45-42(43)44)39(50)48-33(15-8-2)41(52)55-6/h7-12,16-19,22-23,32-34H,1-2,13-15,20-21,24H2,3-6H3,(H,46,49)(H,47,51)(H,48,50)(H4,43,44,45). The van der Waals surface area contributed by atoms with Crippen molar-refractivity contribution in [3.8, 4) is 22.6 Å². The van der Waals surface area contributed by atoms with Crippen molar-refractivity contribution >= 4 is 51.2 Å². The third-order valence-corrected chi connectivity index (χ3v) is 9.08. The molecule has 290 valence electrons. The molecule has 0 aliphatic carbocycles. The minimum atomic E-state index is -1.15. The van der Waals surface area contributed by atoms with E-state index in [4.69, 9.17) is 25.7 Å². The summed E-state index contributed by atoms with van der Waals surface area (Å²) in [4.78, 5) is 56.8. The van der Waals surface area contributed by atoms with Gasteiger partial charge in [-0.15, -0.1) is 13.2 Å². The number of hydrogen-bond acceptors (Lipinski definition) is 8. The van der Waals surface area contributed by atoms with E-state index in [-0.39, 0.29) is 31.8 Å². The SMILES string of the molecule is C=CCc1cc2ccccc2c(-c2c(OC)c(CC(NC(C)=O)C(=O)NC(CCCN=C(N)N)C(=O)NC(CC=C)C(=O)OC)cc3ccccc23)c1OC. The number of carbonyl (C=O) groups excluding carboxylic acids is 4. The van der Waals surface area contributed by atoms with Gasteiger partial charge >= 0.3 is 5.97 Å². The van der Waals surface area contributed by atoms with Gasteiger partial charge in [-0.1, -0.05) is 60.7 Å². The van der Waals surface area contributed by atoms with Crippen molar-refractivity contribution in [1.29, 1.82) is 0 Å². The van der Waals surface area contributed by atoms with Crippen molar-refractivity contribution < 1.29 is 33.4 Å². The average molecular weight is 751 g/mol. The van der Waals surface area contributed by atoms with Gasteiger partial charge < -0.3 is 41.6 Å². The maximum absolute atomic E-state index is 14.2. The molecule has 0 radical (unpaired) electrons. The number of methoxy groups -OCH3 is 3. The number of nitrogens with zero attached hydrogens (tertiary/aromatic N) is 1. The summed E-state index contributed by atoms with van der Waals surface area (Å²) < 4.78 is 17.2. The summed E-state index contributed by atoms with van der Waals surface area (Å²) in [6.45, 7) is 9.11. The molecular formula is C42H50N6O7. The number of benzene rings is 4. The number of nitrogens with one attached hydrogen (secondary N) is 3. The van der Waals surface area contributed by atoms with Gasteiger partial charge in [-0.2, -0.15) is 0 Å². The average Bonchev–Trinajstić information content (AvgIpc) is 3.16. The van der Waals surface area contributed by atoms with Crippen LogP contribution in [0.15, 0.2) is 91.0 Å².